The van der Waals surface area contributed by atoms with Crippen molar-refractivity contribution in [2.24, 2.45) is 7.05 Å². The third-order valence-electron chi connectivity index (χ3n) is 4.95. The second kappa shape index (κ2) is 7.31. The number of likely N-dealkylation sites (tertiary alicyclic amines) is 1. The van der Waals surface area contributed by atoms with Crippen LogP contribution in [0.3, 0.4) is 0 Å². The Morgan fingerprint density at radius 3 is 2.60 bits per heavy atom. The first kappa shape index (κ1) is 17.5. The molecule has 1 aliphatic rings. The van der Waals surface area contributed by atoms with E-state index in [1.165, 1.54) is 0 Å². The minimum absolute atomic E-state index is 0.0578. The molecule has 7 heteroatoms. The maximum atomic E-state index is 11.9. The van der Waals surface area contributed by atoms with Gasteiger partial charge in [0.1, 0.15) is 6.61 Å². The fraction of sp³-hybridized carbons (Fsp3) is 0.556. The highest BCUT2D eigenvalue weighted by Gasteiger charge is 2.25. The largest absolute Gasteiger partial charge is 0.375 e. The van der Waals surface area contributed by atoms with Crippen molar-refractivity contribution in [1.82, 2.24) is 24.6 Å². The number of methoxy groups -OCH3 is 1. The highest BCUT2D eigenvalue weighted by atomic mass is 16.5. The Kier molecular flexibility index (Phi) is 5.13. The van der Waals surface area contributed by atoms with Crippen molar-refractivity contribution in [3.63, 3.8) is 0 Å². The Labute approximate surface area is 148 Å². The van der Waals surface area contributed by atoms with Crippen LogP contribution in [0.2, 0.25) is 0 Å². The average molecular weight is 343 g/mol. The smallest absolute Gasteiger partial charge is 0.248 e. The van der Waals surface area contributed by atoms with Crippen LogP contribution in [-0.2, 0) is 16.6 Å². The molecule has 0 aromatic carbocycles. The number of aromatic nitrogens is 4. The topological polar surface area (TPSA) is 73.1 Å². The van der Waals surface area contributed by atoms with Crippen LogP contribution in [0, 0.1) is 13.8 Å². The summed E-state index contributed by atoms with van der Waals surface area (Å²) < 4.78 is 6.81. The summed E-state index contributed by atoms with van der Waals surface area (Å²) in [6, 6.07) is 0. The van der Waals surface area contributed by atoms with E-state index in [2.05, 4.69) is 10.1 Å². The quantitative estimate of drug-likeness (QED) is 0.847. The van der Waals surface area contributed by atoms with Crippen LogP contribution >= 0.6 is 0 Å². The summed E-state index contributed by atoms with van der Waals surface area (Å²) in [4.78, 5) is 23.1. The lowest BCUT2D eigenvalue weighted by Gasteiger charge is -2.31. The molecule has 2 aromatic rings. The van der Waals surface area contributed by atoms with E-state index in [4.69, 9.17) is 9.72 Å². The van der Waals surface area contributed by atoms with Gasteiger partial charge in [-0.05, 0) is 26.7 Å². The van der Waals surface area contributed by atoms with E-state index >= 15 is 0 Å². The molecule has 0 N–H and O–H groups in total. The van der Waals surface area contributed by atoms with E-state index < -0.39 is 0 Å². The molecule has 0 spiro atoms. The van der Waals surface area contributed by atoms with Gasteiger partial charge in [-0.2, -0.15) is 5.10 Å². The van der Waals surface area contributed by atoms with Gasteiger partial charge in [0.25, 0.3) is 0 Å². The molecular weight excluding hydrogens is 318 g/mol. The van der Waals surface area contributed by atoms with Crippen molar-refractivity contribution in [3.8, 4) is 11.3 Å². The predicted octanol–water partition coefficient (Wildman–Crippen LogP) is 1.85. The molecule has 1 aliphatic heterocycles. The van der Waals surface area contributed by atoms with Gasteiger partial charge < -0.3 is 9.64 Å². The SMILES string of the molecule is COCC(=O)N1CCC(c2cncc(-c3c(C)nn(C)c3C)n2)CC1. The number of hydrogen-bond donors (Lipinski definition) is 0. The Morgan fingerprint density at radius 1 is 1.28 bits per heavy atom. The van der Waals surface area contributed by atoms with Gasteiger partial charge >= 0.3 is 0 Å². The fourth-order valence-electron chi connectivity index (χ4n) is 3.48. The van der Waals surface area contributed by atoms with Crippen LogP contribution in [0.15, 0.2) is 12.4 Å². The van der Waals surface area contributed by atoms with Crippen molar-refractivity contribution in [2.45, 2.75) is 32.6 Å². The lowest BCUT2D eigenvalue weighted by atomic mass is 9.93. The summed E-state index contributed by atoms with van der Waals surface area (Å²) in [7, 11) is 3.49. The number of rotatable bonds is 4. The van der Waals surface area contributed by atoms with Gasteiger partial charge in [0.15, 0.2) is 0 Å². The number of aryl methyl sites for hydroxylation is 2. The Hall–Kier alpha value is -2.28. The number of carbonyl (C=O) groups is 1. The fourth-order valence-corrected chi connectivity index (χ4v) is 3.48. The minimum atomic E-state index is 0.0578. The summed E-state index contributed by atoms with van der Waals surface area (Å²) in [5.41, 5.74) is 4.98. The van der Waals surface area contributed by atoms with Gasteiger partial charge in [0, 0.05) is 50.6 Å². The van der Waals surface area contributed by atoms with Crippen LogP contribution in [-0.4, -0.2) is 57.4 Å². The maximum absolute atomic E-state index is 11.9. The average Bonchev–Trinajstić information content (AvgIpc) is 2.87. The second-order valence-corrected chi connectivity index (χ2v) is 6.59. The molecule has 0 saturated carbocycles. The van der Waals surface area contributed by atoms with Gasteiger partial charge in [-0.3, -0.25) is 14.5 Å². The van der Waals surface area contributed by atoms with Gasteiger partial charge in [-0.15, -0.1) is 0 Å². The summed E-state index contributed by atoms with van der Waals surface area (Å²) in [6.45, 7) is 5.67. The van der Waals surface area contributed by atoms with Crippen LogP contribution in [0.4, 0.5) is 0 Å². The standard InChI is InChI=1S/C18H25N5O2/c1-12-18(13(2)22(3)21-12)16-10-19-9-15(20-16)14-5-7-23(8-6-14)17(24)11-25-4/h9-10,14H,5-8,11H2,1-4H3. The number of piperidine rings is 1. The molecule has 1 amide bonds. The number of ether oxygens (including phenoxy) is 1. The first-order valence-electron chi connectivity index (χ1n) is 8.60. The molecule has 134 valence electrons. The first-order chi connectivity index (χ1) is 12.0. The predicted molar refractivity (Wildman–Crippen MR) is 94.1 cm³/mol. The van der Waals surface area contributed by atoms with Gasteiger partial charge in [0.2, 0.25) is 5.91 Å². The highest BCUT2D eigenvalue weighted by Crippen LogP contribution is 2.29. The molecule has 0 atom stereocenters. The molecule has 0 aliphatic carbocycles. The van der Waals surface area contributed by atoms with Crippen LogP contribution in [0.5, 0.6) is 0 Å². The second-order valence-electron chi connectivity index (χ2n) is 6.59. The molecule has 1 fully saturated rings. The Balaban J connectivity index is 1.76. The zero-order valence-corrected chi connectivity index (χ0v) is 15.3. The van der Waals surface area contributed by atoms with Crippen molar-refractivity contribution in [1.29, 1.82) is 0 Å². The van der Waals surface area contributed by atoms with Crippen molar-refractivity contribution in [3.05, 3.63) is 29.5 Å². The zero-order valence-electron chi connectivity index (χ0n) is 15.3. The van der Waals surface area contributed by atoms with Crippen molar-refractivity contribution >= 4 is 5.91 Å². The lowest BCUT2D eigenvalue weighted by Crippen LogP contribution is -2.39. The van der Waals surface area contributed by atoms with E-state index in [1.54, 1.807) is 13.3 Å². The third kappa shape index (κ3) is 3.56. The molecule has 3 heterocycles. The number of amides is 1. The van der Waals surface area contributed by atoms with Crippen LogP contribution in [0.25, 0.3) is 11.3 Å². The van der Waals surface area contributed by atoms with E-state index in [0.717, 1.165) is 54.3 Å². The summed E-state index contributed by atoms with van der Waals surface area (Å²) >= 11 is 0. The summed E-state index contributed by atoms with van der Waals surface area (Å²) in [5, 5.41) is 4.47. The van der Waals surface area contributed by atoms with Crippen LogP contribution in [0.1, 0.15) is 35.8 Å². The number of nitrogens with zero attached hydrogens (tertiary/aromatic N) is 5. The number of carbonyl (C=O) groups excluding carboxylic acids is 1. The number of hydrogen-bond acceptors (Lipinski definition) is 5. The molecule has 3 rings (SSSR count). The Morgan fingerprint density at radius 2 is 2.00 bits per heavy atom. The first-order valence-corrected chi connectivity index (χ1v) is 8.60. The molecular formula is C18H25N5O2. The summed E-state index contributed by atoms with van der Waals surface area (Å²) in [6.07, 6.45) is 5.46. The molecule has 1 saturated heterocycles. The highest BCUT2D eigenvalue weighted by molar-refractivity contribution is 5.77. The Bertz CT molecular complexity index is 763. The monoisotopic (exact) mass is 343 g/mol. The lowest BCUT2D eigenvalue weighted by molar-refractivity contribution is -0.136. The van der Waals surface area contributed by atoms with E-state index in [0.29, 0.717) is 5.92 Å². The van der Waals surface area contributed by atoms with E-state index in [1.807, 2.05) is 36.7 Å². The van der Waals surface area contributed by atoms with Gasteiger partial charge in [-0.25, -0.2) is 4.98 Å². The molecule has 0 bridgehead atoms. The summed E-state index contributed by atoms with van der Waals surface area (Å²) in [5.74, 6) is 0.388. The normalized spacial score (nSPS) is 15.6. The molecule has 25 heavy (non-hydrogen) atoms. The molecule has 2 aromatic heterocycles. The van der Waals surface area contributed by atoms with Gasteiger partial charge in [0.05, 0.1) is 23.3 Å². The minimum Gasteiger partial charge on any atom is -0.375 e. The molecule has 0 unspecified atom stereocenters. The van der Waals surface area contributed by atoms with E-state index in [9.17, 15) is 4.79 Å². The van der Waals surface area contributed by atoms with Gasteiger partial charge in [-0.1, -0.05) is 0 Å². The van der Waals surface area contributed by atoms with E-state index in [-0.39, 0.29) is 12.5 Å². The maximum Gasteiger partial charge on any atom is 0.248 e. The van der Waals surface area contributed by atoms with Crippen molar-refractivity contribution < 1.29 is 9.53 Å². The molecule has 0 radical (unpaired) electrons. The third-order valence-corrected chi connectivity index (χ3v) is 4.95. The van der Waals surface area contributed by atoms with Crippen molar-refractivity contribution in [2.75, 3.05) is 26.8 Å². The zero-order chi connectivity index (χ0) is 18.0. The molecule has 7 nitrogen and oxygen atoms in total. The van der Waals surface area contributed by atoms with Crippen LogP contribution < -0.4 is 0 Å².